The third-order valence-corrected chi connectivity index (χ3v) is 3.83. The van der Waals surface area contributed by atoms with Crippen molar-refractivity contribution in [3.63, 3.8) is 0 Å². The van der Waals surface area contributed by atoms with Crippen LogP contribution in [0.3, 0.4) is 0 Å². The predicted octanol–water partition coefficient (Wildman–Crippen LogP) is 3.77. The molecule has 2 amide bonds. The van der Waals surface area contributed by atoms with Gasteiger partial charge in [-0.25, -0.2) is 0 Å². The monoisotopic (exact) mass is 348 g/mol. The van der Waals surface area contributed by atoms with Crippen molar-refractivity contribution >= 4 is 24.0 Å². The van der Waals surface area contributed by atoms with Gasteiger partial charge < -0.3 is 10.6 Å². The molecular weight excluding hydrogens is 324 g/mol. The zero-order chi connectivity index (χ0) is 18.8. The Morgan fingerprint density at radius 1 is 0.962 bits per heavy atom. The molecule has 4 nitrogen and oxygen atoms in total. The van der Waals surface area contributed by atoms with Crippen LogP contribution in [-0.2, 0) is 9.59 Å². The molecular formula is C22H24N2O2. The van der Waals surface area contributed by atoms with Crippen molar-refractivity contribution in [2.24, 2.45) is 0 Å². The van der Waals surface area contributed by atoms with Crippen molar-refractivity contribution in [2.75, 3.05) is 0 Å². The molecule has 2 aromatic rings. The third kappa shape index (κ3) is 6.40. The Morgan fingerprint density at radius 2 is 1.54 bits per heavy atom. The lowest BCUT2D eigenvalue weighted by atomic mass is 10.1. The number of rotatable bonds is 7. The summed E-state index contributed by atoms with van der Waals surface area (Å²) >= 11 is 0. The van der Waals surface area contributed by atoms with E-state index in [-0.39, 0.29) is 23.6 Å². The van der Waals surface area contributed by atoms with Gasteiger partial charge in [-0.1, -0.05) is 67.6 Å². The molecule has 0 saturated carbocycles. The molecule has 0 heterocycles. The molecule has 0 spiro atoms. The maximum Gasteiger partial charge on any atom is 0.268 e. The average molecular weight is 348 g/mol. The fourth-order valence-electron chi connectivity index (χ4n) is 2.19. The van der Waals surface area contributed by atoms with E-state index in [1.165, 1.54) is 6.08 Å². The van der Waals surface area contributed by atoms with E-state index in [4.69, 9.17) is 0 Å². The minimum atomic E-state index is -0.352. The summed E-state index contributed by atoms with van der Waals surface area (Å²) in [5.74, 6) is -0.653. The lowest BCUT2D eigenvalue weighted by Crippen LogP contribution is -2.38. The van der Waals surface area contributed by atoms with Gasteiger partial charge in [0.1, 0.15) is 5.70 Å². The molecule has 2 aromatic carbocycles. The first-order chi connectivity index (χ1) is 12.6. The fourth-order valence-corrected chi connectivity index (χ4v) is 2.19. The van der Waals surface area contributed by atoms with Gasteiger partial charge in [-0.15, -0.1) is 0 Å². The lowest BCUT2D eigenvalue weighted by molar-refractivity contribution is -0.121. The van der Waals surface area contributed by atoms with Crippen LogP contribution in [0.2, 0.25) is 0 Å². The van der Waals surface area contributed by atoms with E-state index in [0.717, 1.165) is 17.5 Å². The molecule has 0 aromatic heterocycles. The van der Waals surface area contributed by atoms with Crippen molar-refractivity contribution in [3.8, 4) is 0 Å². The standard InChI is InChI=1S/C22H24N2O2/c1-3-17(2)23-22(26)20(16-19-12-8-5-9-13-19)24-21(25)15-14-18-10-6-4-7-11-18/h4-17H,3H2,1-2H3,(H,23,26)(H,24,25)/b15-14?,20-16-. The molecule has 1 unspecified atom stereocenters. The Balaban J connectivity index is 2.15. The summed E-state index contributed by atoms with van der Waals surface area (Å²) in [5.41, 5.74) is 1.98. The Hall–Kier alpha value is -3.14. The van der Waals surface area contributed by atoms with E-state index in [1.54, 1.807) is 12.2 Å². The van der Waals surface area contributed by atoms with Crippen molar-refractivity contribution < 1.29 is 9.59 Å². The molecule has 0 bridgehead atoms. The normalized spacial score (nSPS) is 12.6. The second-order valence-electron chi connectivity index (χ2n) is 5.98. The maximum absolute atomic E-state index is 12.5. The van der Waals surface area contributed by atoms with Gasteiger partial charge in [-0.05, 0) is 36.6 Å². The Morgan fingerprint density at radius 3 is 2.12 bits per heavy atom. The van der Waals surface area contributed by atoms with E-state index in [2.05, 4.69) is 10.6 Å². The Labute approximate surface area is 154 Å². The molecule has 1 atom stereocenters. The highest BCUT2D eigenvalue weighted by Gasteiger charge is 2.13. The summed E-state index contributed by atoms with van der Waals surface area (Å²) < 4.78 is 0. The van der Waals surface area contributed by atoms with Gasteiger partial charge in [-0.3, -0.25) is 9.59 Å². The van der Waals surface area contributed by atoms with Crippen LogP contribution >= 0.6 is 0 Å². The van der Waals surface area contributed by atoms with Crippen LogP contribution in [0.1, 0.15) is 31.4 Å². The van der Waals surface area contributed by atoms with E-state index in [1.807, 2.05) is 74.5 Å². The molecule has 2 N–H and O–H groups in total. The zero-order valence-corrected chi connectivity index (χ0v) is 15.1. The minimum absolute atomic E-state index is 0.0263. The number of benzene rings is 2. The molecule has 2 rings (SSSR count). The van der Waals surface area contributed by atoms with E-state index in [0.29, 0.717) is 0 Å². The molecule has 0 aliphatic carbocycles. The average Bonchev–Trinajstić information content (AvgIpc) is 2.67. The first-order valence-corrected chi connectivity index (χ1v) is 8.70. The SMILES string of the molecule is CCC(C)NC(=O)/C(=C/c1ccccc1)NC(=O)C=Cc1ccccc1. The van der Waals surface area contributed by atoms with Crippen LogP contribution in [0.15, 0.2) is 72.4 Å². The Kier molecular flexibility index (Phi) is 7.37. The molecule has 0 aliphatic rings. The maximum atomic E-state index is 12.5. The number of hydrogen-bond acceptors (Lipinski definition) is 2. The van der Waals surface area contributed by atoms with Crippen LogP contribution in [0.5, 0.6) is 0 Å². The van der Waals surface area contributed by atoms with Gasteiger partial charge in [0.2, 0.25) is 5.91 Å². The summed E-state index contributed by atoms with van der Waals surface area (Å²) in [6.45, 7) is 3.92. The number of carbonyl (C=O) groups excluding carboxylic acids is 2. The highest BCUT2D eigenvalue weighted by atomic mass is 16.2. The number of hydrogen-bond donors (Lipinski definition) is 2. The summed E-state index contributed by atoms with van der Waals surface area (Å²) in [4.78, 5) is 24.8. The number of nitrogens with one attached hydrogen (secondary N) is 2. The topological polar surface area (TPSA) is 58.2 Å². The Bertz CT molecular complexity index is 780. The number of carbonyl (C=O) groups is 2. The van der Waals surface area contributed by atoms with Crippen LogP contribution < -0.4 is 10.6 Å². The van der Waals surface area contributed by atoms with Gasteiger partial charge in [0.25, 0.3) is 5.91 Å². The molecule has 4 heteroatoms. The first-order valence-electron chi connectivity index (χ1n) is 8.70. The predicted molar refractivity (Wildman–Crippen MR) is 106 cm³/mol. The molecule has 0 fully saturated rings. The highest BCUT2D eigenvalue weighted by molar-refractivity contribution is 6.04. The fraction of sp³-hybridized carbons (Fsp3) is 0.182. The van der Waals surface area contributed by atoms with Crippen molar-refractivity contribution in [3.05, 3.63) is 83.6 Å². The van der Waals surface area contributed by atoms with Crippen LogP contribution in [0.25, 0.3) is 12.2 Å². The van der Waals surface area contributed by atoms with E-state index in [9.17, 15) is 9.59 Å². The molecule has 0 radical (unpaired) electrons. The largest absolute Gasteiger partial charge is 0.348 e. The van der Waals surface area contributed by atoms with E-state index < -0.39 is 0 Å². The molecule has 0 saturated heterocycles. The van der Waals surface area contributed by atoms with Gasteiger partial charge in [0.15, 0.2) is 0 Å². The van der Waals surface area contributed by atoms with Crippen molar-refractivity contribution in [2.45, 2.75) is 26.3 Å². The van der Waals surface area contributed by atoms with Crippen molar-refractivity contribution in [1.82, 2.24) is 10.6 Å². The van der Waals surface area contributed by atoms with Crippen molar-refractivity contribution in [1.29, 1.82) is 0 Å². The summed E-state index contributed by atoms with van der Waals surface area (Å²) in [7, 11) is 0. The lowest BCUT2D eigenvalue weighted by Gasteiger charge is -2.14. The smallest absolute Gasteiger partial charge is 0.268 e. The second-order valence-corrected chi connectivity index (χ2v) is 5.98. The van der Waals surface area contributed by atoms with Gasteiger partial charge in [-0.2, -0.15) is 0 Å². The number of amides is 2. The minimum Gasteiger partial charge on any atom is -0.348 e. The van der Waals surface area contributed by atoms with Gasteiger partial charge in [0, 0.05) is 12.1 Å². The second kappa shape index (κ2) is 9.99. The highest BCUT2D eigenvalue weighted by Crippen LogP contribution is 2.06. The molecule has 0 aliphatic heterocycles. The summed E-state index contributed by atoms with van der Waals surface area (Å²) in [6.07, 6.45) is 5.62. The molecule has 134 valence electrons. The zero-order valence-electron chi connectivity index (χ0n) is 15.1. The van der Waals surface area contributed by atoms with Crippen LogP contribution in [-0.4, -0.2) is 17.9 Å². The first kappa shape index (κ1) is 19.2. The van der Waals surface area contributed by atoms with Crippen LogP contribution in [0.4, 0.5) is 0 Å². The van der Waals surface area contributed by atoms with E-state index >= 15 is 0 Å². The summed E-state index contributed by atoms with van der Waals surface area (Å²) in [5, 5.41) is 5.57. The van der Waals surface area contributed by atoms with Gasteiger partial charge in [0.05, 0.1) is 0 Å². The quantitative estimate of drug-likeness (QED) is 0.748. The van der Waals surface area contributed by atoms with Gasteiger partial charge >= 0.3 is 0 Å². The third-order valence-electron chi connectivity index (χ3n) is 3.83. The van der Waals surface area contributed by atoms with Crippen LogP contribution in [0, 0.1) is 0 Å². The molecule has 26 heavy (non-hydrogen) atoms. The summed E-state index contributed by atoms with van der Waals surface area (Å²) in [6, 6.07) is 19.0.